The van der Waals surface area contributed by atoms with E-state index in [9.17, 15) is 0 Å². The van der Waals surface area contributed by atoms with E-state index in [4.69, 9.17) is 0 Å². The van der Waals surface area contributed by atoms with Gasteiger partial charge >= 0.3 is 12.4 Å². The van der Waals surface area contributed by atoms with Crippen LogP contribution in [0.15, 0.2) is 146 Å². The molecule has 10 aromatic rings. The molecule has 6 aromatic carbocycles. The lowest BCUT2D eigenvalue weighted by Crippen LogP contribution is -2.16. The summed E-state index contributed by atoms with van der Waals surface area (Å²) in [5.41, 5.74) is -1.92. The van der Waals surface area contributed by atoms with Gasteiger partial charge in [-0.2, -0.15) is 26.3 Å². The molecule has 0 saturated carbocycles. The molecule has 0 atom stereocenters. The van der Waals surface area contributed by atoms with Crippen LogP contribution in [0.2, 0.25) is 0 Å². The number of benzene rings is 6. The van der Waals surface area contributed by atoms with Gasteiger partial charge in [-0.25, -0.2) is 4.98 Å². The number of aromatic nitrogens is 4. The third-order valence-electron chi connectivity index (χ3n) is 10.3. The zero-order chi connectivity index (χ0) is 37.6. The summed E-state index contributed by atoms with van der Waals surface area (Å²) in [7, 11) is 0. The lowest BCUT2D eigenvalue weighted by molar-refractivity contribution is -0.140. The maximum absolute atomic E-state index is 15.4. The lowest BCUT2D eigenvalue weighted by atomic mass is 9.89. The zero-order valence-corrected chi connectivity index (χ0v) is 28.4. The molecule has 4 nitrogen and oxygen atoms in total. The van der Waals surface area contributed by atoms with Crippen LogP contribution in [0.25, 0.3) is 93.6 Å². The van der Waals surface area contributed by atoms with Crippen molar-refractivity contribution in [2.24, 2.45) is 0 Å². The minimum Gasteiger partial charge on any atom is -0.307 e. The second-order valence-corrected chi connectivity index (χ2v) is 13.5. The van der Waals surface area contributed by atoms with Gasteiger partial charge in [-0.15, -0.1) is 0 Å². The van der Waals surface area contributed by atoms with Crippen LogP contribution in [0.1, 0.15) is 11.1 Å². The summed E-state index contributed by atoms with van der Waals surface area (Å²) in [5.74, 6) is 0. The predicted octanol–water partition coefficient (Wildman–Crippen LogP) is 12.9. The highest BCUT2D eigenvalue weighted by Crippen LogP contribution is 2.47. The summed E-state index contributed by atoms with van der Waals surface area (Å²) < 4.78 is 93.1. The van der Waals surface area contributed by atoms with Crippen LogP contribution in [0, 0.1) is 0 Å². The molecule has 0 radical (unpaired) electrons. The average Bonchev–Trinajstić information content (AvgIpc) is 3.53. The fraction of sp³-hybridized carbons (Fsp3) is 0.0444. The van der Waals surface area contributed by atoms with Gasteiger partial charge in [0.2, 0.25) is 0 Å². The van der Waals surface area contributed by atoms with Crippen molar-refractivity contribution in [2.45, 2.75) is 12.4 Å². The van der Waals surface area contributed by atoms with Crippen molar-refractivity contribution >= 4 is 54.1 Å². The largest absolute Gasteiger partial charge is 0.418 e. The van der Waals surface area contributed by atoms with Crippen molar-refractivity contribution in [3.05, 3.63) is 157 Å². The number of nitrogens with zero attached hydrogens (tertiary/aromatic N) is 4. The first-order valence-corrected chi connectivity index (χ1v) is 17.3. The van der Waals surface area contributed by atoms with Gasteiger partial charge in [-0.05, 0) is 92.0 Å². The monoisotopic (exact) mass is 734 g/mol. The van der Waals surface area contributed by atoms with Crippen LogP contribution in [-0.4, -0.2) is 19.5 Å². The number of pyridine rings is 3. The zero-order valence-electron chi connectivity index (χ0n) is 28.4. The quantitative estimate of drug-likeness (QED) is 0.134. The van der Waals surface area contributed by atoms with E-state index in [-0.39, 0.29) is 16.9 Å². The SMILES string of the molecule is FC(F)(F)c1cc(-n2c3ccccc3c3ccncc32)c(C(F)(F)F)cc1-c1cc(-c2ccc3ccc4cccc5ccc2c3c45)cc(-c2ccccn2)n1. The summed E-state index contributed by atoms with van der Waals surface area (Å²) in [6, 6.07) is 35.5. The highest BCUT2D eigenvalue weighted by molar-refractivity contribution is 6.25. The number of hydrogen-bond acceptors (Lipinski definition) is 3. The van der Waals surface area contributed by atoms with Gasteiger partial charge in [0.25, 0.3) is 0 Å². The molecule has 0 bridgehead atoms. The van der Waals surface area contributed by atoms with E-state index in [2.05, 4.69) is 15.0 Å². The Kier molecular flexibility index (Phi) is 7.07. The third kappa shape index (κ3) is 5.20. The molecule has 0 spiro atoms. The Hall–Kier alpha value is -6.81. The summed E-state index contributed by atoms with van der Waals surface area (Å²) in [6.45, 7) is 0. The van der Waals surface area contributed by atoms with Crippen LogP contribution in [0.3, 0.4) is 0 Å². The predicted molar refractivity (Wildman–Crippen MR) is 204 cm³/mol. The number of rotatable bonds is 4. The minimum absolute atomic E-state index is 0.207. The smallest absolute Gasteiger partial charge is 0.307 e. The summed E-state index contributed by atoms with van der Waals surface area (Å²) in [5, 5.41) is 7.04. The minimum atomic E-state index is -5.07. The Morgan fingerprint density at radius 2 is 1.16 bits per heavy atom. The second kappa shape index (κ2) is 11.8. The average molecular weight is 735 g/mol. The molecule has 4 heterocycles. The van der Waals surface area contributed by atoms with Crippen LogP contribution in [0.4, 0.5) is 26.3 Å². The molecular formula is C45H24F6N4. The van der Waals surface area contributed by atoms with Gasteiger partial charge in [0.05, 0.1) is 51.1 Å². The second-order valence-electron chi connectivity index (χ2n) is 13.5. The molecule has 0 unspecified atom stereocenters. The first-order chi connectivity index (χ1) is 26.5. The highest BCUT2D eigenvalue weighted by atomic mass is 19.4. The molecule has 0 aliphatic heterocycles. The molecule has 0 aliphatic carbocycles. The van der Waals surface area contributed by atoms with Gasteiger partial charge in [0.15, 0.2) is 0 Å². The molecule has 0 amide bonds. The van der Waals surface area contributed by atoms with Gasteiger partial charge in [0.1, 0.15) is 0 Å². The Labute approximate surface area is 308 Å². The van der Waals surface area contributed by atoms with Crippen molar-refractivity contribution in [3.8, 4) is 39.5 Å². The fourth-order valence-electron chi connectivity index (χ4n) is 7.98. The summed E-state index contributed by atoms with van der Waals surface area (Å²) >= 11 is 0. The number of para-hydroxylation sites is 1. The van der Waals surface area contributed by atoms with Gasteiger partial charge in [0, 0.05) is 28.7 Å². The van der Waals surface area contributed by atoms with Crippen molar-refractivity contribution in [3.63, 3.8) is 0 Å². The van der Waals surface area contributed by atoms with Crippen molar-refractivity contribution in [1.29, 1.82) is 0 Å². The standard InChI is InChI=1S/C45H24F6N4/c46-44(47,48)34-23-40(55-39-10-2-1-8-30(39)31-17-19-52-24-41(31)55)35(45(49,50)51)22-33(34)37-20-28(21-38(54-37)36-9-3-4-18-53-36)29-15-13-27-12-11-25-6-5-7-26-14-16-32(29)43(27)42(25)26/h1-24H. The summed E-state index contributed by atoms with van der Waals surface area (Å²) in [6.07, 6.45) is -5.75. The van der Waals surface area contributed by atoms with E-state index in [1.165, 1.54) is 29.2 Å². The Morgan fingerprint density at radius 1 is 0.473 bits per heavy atom. The lowest BCUT2D eigenvalue weighted by Gasteiger charge is -2.22. The number of fused-ring (bicyclic) bond motifs is 3. The van der Waals surface area contributed by atoms with E-state index in [0.29, 0.717) is 45.2 Å². The first kappa shape index (κ1) is 32.8. The molecule has 266 valence electrons. The fourth-order valence-corrected chi connectivity index (χ4v) is 7.98. The molecular weight excluding hydrogens is 711 g/mol. The molecule has 0 aliphatic rings. The molecule has 0 N–H and O–H groups in total. The van der Waals surface area contributed by atoms with Crippen LogP contribution in [0.5, 0.6) is 0 Å². The molecule has 0 fully saturated rings. The Balaban J connectivity index is 1.28. The van der Waals surface area contributed by atoms with E-state index in [1.54, 1.807) is 54.6 Å². The van der Waals surface area contributed by atoms with Gasteiger partial charge in [-0.3, -0.25) is 9.97 Å². The van der Waals surface area contributed by atoms with E-state index in [1.807, 2.05) is 54.6 Å². The number of halogens is 6. The molecule has 10 rings (SSSR count). The number of hydrogen-bond donors (Lipinski definition) is 0. The molecule has 55 heavy (non-hydrogen) atoms. The van der Waals surface area contributed by atoms with Crippen LogP contribution >= 0.6 is 0 Å². The van der Waals surface area contributed by atoms with E-state index in [0.717, 1.165) is 32.3 Å². The van der Waals surface area contributed by atoms with Crippen molar-refractivity contribution in [2.75, 3.05) is 0 Å². The number of alkyl halides is 6. The normalized spacial score (nSPS) is 12.5. The summed E-state index contributed by atoms with van der Waals surface area (Å²) in [4.78, 5) is 13.1. The first-order valence-electron chi connectivity index (χ1n) is 17.3. The van der Waals surface area contributed by atoms with Crippen LogP contribution < -0.4 is 0 Å². The Bertz CT molecular complexity index is 3060. The van der Waals surface area contributed by atoms with Crippen molar-refractivity contribution < 1.29 is 26.3 Å². The van der Waals surface area contributed by atoms with Gasteiger partial charge < -0.3 is 4.57 Å². The van der Waals surface area contributed by atoms with E-state index >= 15 is 26.3 Å². The Morgan fingerprint density at radius 3 is 1.93 bits per heavy atom. The van der Waals surface area contributed by atoms with Crippen molar-refractivity contribution in [1.82, 2.24) is 19.5 Å². The van der Waals surface area contributed by atoms with Crippen LogP contribution in [-0.2, 0) is 12.4 Å². The highest BCUT2D eigenvalue weighted by Gasteiger charge is 2.41. The van der Waals surface area contributed by atoms with E-state index < -0.39 is 34.7 Å². The maximum Gasteiger partial charge on any atom is 0.418 e. The molecule has 10 heteroatoms. The molecule has 4 aromatic heterocycles. The van der Waals surface area contributed by atoms with Gasteiger partial charge in [-0.1, -0.05) is 78.9 Å². The third-order valence-corrected chi connectivity index (χ3v) is 10.3. The topological polar surface area (TPSA) is 43.6 Å². The molecule has 0 saturated heterocycles. The maximum atomic E-state index is 15.4.